The molecule has 0 aliphatic carbocycles. The van der Waals surface area contributed by atoms with Gasteiger partial charge >= 0.3 is 11.9 Å². The van der Waals surface area contributed by atoms with Gasteiger partial charge in [-0.05, 0) is 61.0 Å². The second kappa shape index (κ2) is 9.07. The fraction of sp³-hybridized carbons (Fsp3) is 0.0800. The average Bonchev–Trinajstić information content (AvgIpc) is 3.14. The van der Waals surface area contributed by atoms with Crippen molar-refractivity contribution in [2.24, 2.45) is 0 Å². The van der Waals surface area contributed by atoms with Gasteiger partial charge in [-0.1, -0.05) is 29.5 Å². The number of aromatic amines is 1. The molecule has 0 atom stereocenters. The van der Waals surface area contributed by atoms with E-state index < -0.39 is 5.97 Å². The van der Waals surface area contributed by atoms with Crippen LogP contribution in [0.5, 0.6) is 17.5 Å². The van der Waals surface area contributed by atoms with E-state index in [2.05, 4.69) is 21.8 Å². The Kier molecular flexibility index (Phi) is 6.03. The van der Waals surface area contributed by atoms with E-state index in [4.69, 9.17) is 21.1 Å². The van der Waals surface area contributed by atoms with Crippen LogP contribution in [0, 0.1) is 18.8 Å². The van der Waals surface area contributed by atoms with E-state index in [9.17, 15) is 14.7 Å². The maximum Gasteiger partial charge on any atom is 0.336 e. The van der Waals surface area contributed by atoms with Gasteiger partial charge in [0.05, 0.1) is 21.6 Å². The van der Waals surface area contributed by atoms with E-state index in [1.165, 1.54) is 13.0 Å². The summed E-state index contributed by atoms with van der Waals surface area (Å²) >= 11 is 6.37. The Balaban J connectivity index is 1.57. The summed E-state index contributed by atoms with van der Waals surface area (Å²) in [6.07, 6.45) is 0. The van der Waals surface area contributed by atoms with Crippen LogP contribution < -0.4 is 9.47 Å². The fourth-order valence-corrected chi connectivity index (χ4v) is 3.28. The van der Waals surface area contributed by atoms with Crippen molar-refractivity contribution in [3.05, 3.63) is 81.9 Å². The maximum absolute atomic E-state index is 11.3. The fourth-order valence-electron chi connectivity index (χ4n) is 3.07. The van der Waals surface area contributed by atoms with E-state index in [0.717, 1.165) is 5.56 Å². The van der Waals surface area contributed by atoms with Crippen LogP contribution in [-0.2, 0) is 4.79 Å². The first kappa shape index (κ1) is 21.9. The van der Waals surface area contributed by atoms with Crippen LogP contribution in [-0.4, -0.2) is 27.0 Å². The number of aromatic nitrogens is 2. The number of carbonyl (C=O) groups excluding carboxylic acids is 1. The number of hydrogen-bond acceptors (Lipinski definition) is 5. The second-order valence-corrected chi connectivity index (χ2v) is 7.55. The smallest absolute Gasteiger partial charge is 0.336 e. The summed E-state index contributed by atoms with van der Waals surface area (Å²) in [6, 6.07) is 15.2. The summed E-state index contributed by atoms with van der Waals surface area (Å²) in [5, 5.41) is 9.71. The third-order valence-electron chi connectivity index (χ3n) is 4.66. The number of carboxylic acids is 1. The first-order chi connectivity index (χ1) is 15.8. The number of ether oxygens (including phenoxy) is 2. The number of benzene rings is 3. The number of esters is 1. The number of halogens is 1. The van der Waals surface area contributed by atoms with Gasteiger partial charge in [-0.2, -0.15) is 4.98 Å². The van der Waals surface area contributed by atoms with Gasteiger partial charge in [0, 0.05) is 18.1 Å². The Bertz CT molecular complexity index is 1450. The lowest BCUT2D eigenvalue weighted by atomic mass is 10.1. The monoisotopic (exact) mass is 460 g/mol. The van der Waals surface area contributed by atoms with Crippen molar-refractivity contribution in [1.82, 2.24) is 9.97 Å². The molecule has 0 aliphatic rings. The van der Waals surface area contributed by atoms with Crippen LogP contribution in [0.25, 0.3) is 11.0 Å². The molecule has 2 N–H and O–H groups in total. The number of fused-ring (bicyclic) bond motifs is 1. The van der Waals surface area contributed by atoms with Gasteiger partial charge in [-0.25, -0.2) is 4.79 Å². The molecular weight excluding hydrogens is 444 g/mol. The Hall–Kier alpha value is -4.28. The van der Waals surface area contributed by atoms with Crippen LogP contribution in [0.15, 0.2) is 54.6 Å². The second-order valence-electron chi connectivity index (χ2n) is 7.14. The molecular formula is C25H17ClN2O5. The number of rotatable bonds is 4. The molecule has 0 unspecified atom stereocenters. The minimum atomic E-state index is -1.03. The molecule has 0 fully saturated rings. The Morgan fingerprint density at radius 2 is 1.76 bits per heavy atom. The van der Waals surface area contributed by atoms with Crippen molar-refractivity contribution in [3.8, 4) is 29.4 Å². The number of nitrogens with zero attached hydrogens (tertiary/aromatic N) is 1. The third kappa shape index (κ3) is 5.14. The van der Waals surface area contributed by atoms with Gasteiger partial charge < -0.3 is 19.6 Å². The average molecular weight is 461 g/mol. The Labute approximate surface area is 193 Å². The number of imidazole rings is 1. The summed E-state index contributed by atoms with van der Waals surface area (Å²) in [5.41, 5.74) is 3.35. The summed E-state index contributed by atoms with van der Waals surface area (Å²) < 4.78 is 10.7. The van der Waals surface area contributed by atoms with Crippen LogP contribution in [0.2, 0.25) is 5.02 Å². The van der Waals surface area contributed by atoms with E-state index in [0.29, 0.717) is 38.7 Å². The lowest BCUT2D eigenvalue weighted by Gasteiger charge is -2.05. The lowest BCUT2D eigenvalue weighted by molar-refractivity contribution is -0.131. The number of H-pyrrole nitrogens is 1. The highest BCUT2D eigenvalue weighted by Crippen LogP contribution is 2.27. The van der Waals surface area contributed by atoms with Crippen molar-refractivity contribution < 1.29 is 24.2 Å². The minimum absolute atomic E-state index is 0.158. The van der Waals surface area contributed by atoms with Gasteiger partial charge in [0.1, 0.15) is 11.5 Å². The molecule has 0 bridgehead atoms. The topological polar surface area (TPSA) is 102 Å². The Morgan fingerprint density at radius 3 is 2.45 bits per heavy atom. The molecule has 0 amide bonds. The first-order valence-corrected chi connectivity index (χ1v) is 10.2. The van der Waals surface area contributed by atoms with Crippen molar-refractivity contribution >= 4 is 34.6 Å². The van der Waals surface area contributed by atoms with Crippen LogP contribution >= 0.6 is 11.6 Å². The lowest BCUT2D eigenvalue weighted by Crippen LogP contribution is -2.00. The number of carboxylic acid groups (broad SMARTS) is 1. The normalized spacial score (nSPS) is 10.4. The van der Waals surface area contributed by atoms with Crippen molar-refractivity contribution in [2.45, 2.75) is 13.8 Å². The summed E-state index contributed by atoms with van der Waals surface area (Å²) in [5.74, 6) is 5.42. The molecule has 164 valence electrons. The quantitative estimate of drug-likeness (QED) is 0.242. The molecule has 7 nitrogen and oxygen atoms in total. The van der Waals surface area contributed by atoms with E-state index >= 15 is 0 Å². The third-order valence-corrected chi connectivity index (χ3v) is 4.97. The van der Waals surface area contributed by atoms with Gasteiger partial charge in [0.2, 0.25) is 0 Å². The molecule has 0 saturated carbocycles. The van der Waals surface area contributed by atoms with Gasteiger partial charge in [-0.3, -0.25) is 4.79 Å². The molecule has 4 aromatic rings. The zero-order valence-corrected chi connectivity index (χ0v) is 18.4. The molecule has 0 radical (unpaired) electrons. The van der Waals surface area contributed by atoms with Crippen LogP contribution in [0.1, 0.15) is 34.0 Å². The Morgan fingerprint density at radius 1 is 1.03 bits per heavy atom. The summed E-state index contributed by atoms with van der Waals surface area (Å²) in [6.45, 7) is 3.05. The predicted molar refractivity (Wildman–Crippen MR) is 123 cm³/mol. The number of carbonyl (C=O) groups is 2. The molecule has 0 saturated heterocycles. The SMILES string of the molecule is CC(=O)Oc1ccc(C#Cc2cc3[nH]c(Oc4ccc(C)c(C(=O)O)c4)nc3cc2Cl)cc1. The molecule has 3 aromatic carbocycles. The molecule has 33 heavy (non-hydrogen) atoms. The number of hydrogen-bond donors (Lipinski definition) is 2. The number of nitrogens with one attached hydrogen (secondary N) is 1. The highest BCUT2D eigenvalue weighted by atomic mass is 35.5. The first-order valence-electron chi connectivity index (χ1n) is 9.80. The van der Waals surface area contributed by atoms with Crippen LogP contribution in [0.4, 0.5) is 0 Å². The highest BCUT2D eigenvalue weighted by Gasteiger charge is 2.12. The van der Waals surface area contributed by atoms with Crippen molar-refractivity contribution in [1.29, 1.82) is 0 Å². The van der Waals surface area contributed by atoms with Crippen molar-refractivity contribution in [3.63, 3.8) is 0 Å². The zero-order valence-electron chi connectivity index (χ0n) is 17.6. The highest BCUT2D eigenvalue weighted by molar-refractivity contribution is 6.32. The number of aryl methyl sites for hydroxylation is 1. The molecule has 1 aromatic heterocycles. The van der Waals surface area contributed by atoms with E-state index in [1.54, 1.807) is 55.5 Å². The molecule has 1 heterocycles. The predicted octanol–water partition coefficient (Wildman–Crippen LogP) is 5.34. The summed E-state index contributed by atoms with van der Waals surface area (Å²) in [7, 11) is 0. The summed E-state index contributed by atoms with van der Waals surface area (Å²) in [4.78, 5) is 29.7. The van der Waals surface area contributed by atoms with E-state index in [-0.39, 0.29) is 17.5 Å². The molecule has 0 spiro atoms. The minimum Gasteiger partial charge on any atom is -0.478 e. The molecule has 0 aliphatic heterocycles. The van der Waals surface area contributed by atoms with Gasteiger partial charge in [0.25, 0.3) is 6.01 Å². The van der Waals surface area contributed by atoms with Gasteiger partial charge in [-0.15, -0.1) is 0 Å². The molecule has 8 heteroatoms. The molecule has 4 rings (SSSR count). The maximum atomic E-state index is 11.3. The van der Waals surface area contributed by atoms with Gasteiger partial charge in [0.15, 0.2) is 0 Å². The van der Waals surface area contributed by atoms with Crippen LogP contribution in [0.3, 0.4) is 0 Å². The zero-order chi connectivity index (χ0) is 23.5. The van der Waals surface area contributed by atoms with Crippen molar-refractivity contribution in [2.75, 3.05) is 0 Å². The van der Waals surface area contributed by atoms with E-state index in [1.807, 2.05) is 0 Å². The largest absolute Gasteiger partial charge is 0.478 e. The number of aromatic carboxylic acids is 1. The standard InChI is InChI=1S/C25H17ClN2O5/c1-14-3-8-19(12-20(14)24(30)31)33-25-27-22-11-17(21(26)13-23(22)28-25)7-4-16-5-9-18(10-6-16)32-15(2)29/h3,5-6,8-13H,1-2H3,(H,27,28)(H,30,31).